The van der Waals surface area contributed by atoms with E-state index in [4.69, 9.17) is 0 Å². The minimum absolute atomic E-state index is 0.0941. The van der Waals surface area contributed by atoms with E-state index in [0.717, 1.165) is 11.3 Å². The minimum atomic E-state index is -0.122. The second-order valence-corrected chi connectivity index (χ2v) is 2.73. The third kappa shape index (κ3) is 2.87. The lowest BCUT2D eigenvalue weighted by molar-refractivity contribution is -0.124. The van der Waals surface area contributed by atoms with Gasteiger partial charge in [-0.1, -0.05) is 0 Å². The van der Waals surface area contributed by atoms with E-state index in [-0.39, 0.29) is 12.5 Å². The highest BCUT2D eigenvalue weighted by Crippen LogP contribution is 2.00. The van der Waals surface area contributed by atoms with Crippen molar-refractivity contribution in [1.29, 1.82) is 0 Å². The highest BCUT2D eigenvalue weighted by Gasteiger charge is 2.02. The maximum atomic E-state index is 11.0. The fourth-order valence-electron chi connectivity index (χ4n) is 0.930. The van der Waals surface area contributed by atoms with Crippen molar-refractivity contribution in [3.05, 3.63) is 17.5 Å². The van der Waals surface area contributed by atoms with E-state index >= 15 is 0 Å². The number of nitrogens with one attached hydrogen (secondary N) is 2. The molecule has 0 saturated carbocycles. The number of ether oxygens (including phenoxy) is 1. The number of H-pyrrole nitrogens is 1. The number of aromatic nitrogens is 2. The smallest absolute Gasteiger partial charge is 0.246 e. The molecule has 5 heteroatoms. The van der Waals surface area contributed by atoms with E-state index in [2.05, 4.69) is 20.3 Å². The number of hydrogen-bond acceptors (Lipinski definition) is 3. The van der Waals surface area contributed by atoms with E-state index in [9.17, 15) is 4.79 Å². The number of carbonyl (C=O) groups excluding carboxylic acids is 1. The van der Waals surface area contributed by atoms with Gasteiger partial charge in [-0.25, -0.2) is 0 Å². The summed E-state index contributed by atoms with van der Waals surface area (Å²) < 4.78 is 4.67. The molecule has 1 rings (SSSR count). The molecule has 0 aromatic carbocycles. The molecule has 0 saturated heterocycles. The molecule has 5 nitrogen and oxygen atoms in total. The molecule has 0 aliphatic rings. The fraction of sp³-hybridized carbons (Fsp3) is 0.500. The third-order valence-corrected chi connectivity index (χ3v) is 1.69. The van der Waals surface area contributed by atoms with Crippen LogP contribution in [0.25, 0.3) is 0 Å². The van der Waals surface area contributed by atoms with Crippen LogP contribution in [0.1, 0.15) is 11.3 Å². The summed E-state index contributed by atoms with van der Waals surface area (Å²) in [6.45, 7) is 2.49. The Morgan fingerprint density at radius 1 is 1.77 bits per heavy atom. The van der Waals surface area contributed by atoms with Crippen molar-refractivity contribution in [3.8, 4) is 0 Å². The highest BCUT2D eigenvalue weighted by atomic mass is 16.5. The van der Waals surface area contributed by atoms with Crippen molar-refractivity contribution in [2.45, 2.75) is 13.5 Å². The molecule has 1 amide bonds. The maximum Gasteiger partial charge on any atom is 0.246 e. The zero-order valence-corrected chi connectivity index (χ0v) is 7.76. The standard InChI is InChI=1S/C8H13N3O2/c1-6-7(4-10-11-6)3-9-8(12)5-13-2/h4H,3,5H2,1-2H3,(H,9,12)(H,10,11). The molecule has 1 heterocycles. The van der Waals surface area contributed by atoms with Crippen LogP contribution in [0.4, 0.5) is 0 Å². The summed E-state index contributed by atoms with van der Waals surface area (Å²) in [4.78, 5) is 11.0. The Morgan fingerprint density at radius 3 is 3.08 bits per heavy atom. The van der Waals surface area contributed by atoms with Gasteiger partial charge < -0.3 is 10.1 Å². The normalized spacial score (nSPS) is 10.0. The van der Waals surface area contributed by atoms with Gasteiger partial charge in [-0.05, 0) is 6.92 Å². The molecule has 0 radical (unpaired) electrons. The first-order valence-electron chi connectivity index (χ1n) is 3.98. The number of aromatic amines is 1. The molecule has 0 spiro atoms. The Hall–Kier alpha value is -1.36. The fourth-order valence-corrected chi connectivity index (χ4v) is 0.930. The van der Waals surface area contributed by atoms with E-state index in [1.807, 2.05) is 6.92 Å². The molecule has 0 aliphatic carbocycles. The van der Waals surface area contributed by atoms with Crippen molar-refractivity contribution in [2.24, 2.45) is 0 Å². The largest absolute Gasteiger partial charge is 0.375 e. The molecular weight excluding hydrogens is 170 g/mol. The highest BCUT2D eigenvalue weighted by molar-refractivity contribution is 5.77. The van der Waals surface area contributed by atoms with Gasteiger partial charge in [-0.15, -0.1) is 0 Å². The quantitative estimate of drug-likeness (QED) is 0.689. The van der Waals surface area contributed by atoms with Crippen LogP contribution in [-0.2, 0) is 16.1 Å². The summed E-state index contributed by atoms with van der Waals surface area (Å²) in [6, 6.07) is 0. The maximum absolute atomic E-state index is 11.0. The molecule has 13 heavy (non-hydrogen) atoms. The molecule has 2 N–H and O–H groups in total. The summed E-state index contributed by atoms with van der Waals surface area (Å²) in [6.07, 6.45) is 1.70. The van der Waals surface area contributed by atoms with Crippen LogP contribution in [0.2, 0.25) is 0 Å². The molecule has 0 unspecified atom stereocenters. The number of aryl methyl sites for hydroxylation is 1. The Bertz CT molecular complexity index is 283. The Morgan fingerprint density at radius 2 is 2.54 bits per heavy atom. The Balaban J connectivity index is 2.35. The average molecular weight is 183 g/mol. The predicted octanol–water partition coefficient (Wildman–Crippen LogP) is -0.0193. The number of nitrogens with zero attached hydrogens (tertiary/aromatic N) is 1. The average Bonchev–Trinajstić information content (AvgIpc) is 2.48. The monoisotopic (exact) mass is 183 g/mol. The zero-order chi connectivity index (χ0) is 9.68. The number of carbonyl (C=O) groups is 1. The van der Waals surface area contributed by atoms with Gasteiger partial charge in [0.2, 0.25) is 5.91 Å². The van der Waals surface area contributed by atoms with Crippen molar-refractivity contribution in [2.75, 3.05) is 13.7 Å². The van der Waals surface area contributed by atoms with Crippen molar-refractivity contribution < 1.29 is 9.53 Å². The number of amides is 1. The Labute approximate surface area is 76.5 Å². The van der Waals surface area contributed by atoms with Crippen LogP contribution in [-0.4, -0.2) is 29.8 Å². The zero-order valence-electron chi connectivity index (χ0n) is 7.76. The van der Waals surface area contributed by atoms with Gasteiger partial charge in [-0.3, -0.25) is 9.89 Å². The Kier molecular flexibility index (Phi) is 3.45. The summed E-state index contributed by atoms with van der Waals surface area (Å²) >= 11 is 0. The lowest BCUT2D eigenvalue weighted by atomic mass is 10.2. The van der Waals surface area contributed by atoms with Crippen LogP contribution < -0.4 is 5.32 Å². The molecule has 0 aliphatic heterocycles. The first-order valence-corrected chi connectivity index (χ1v) is 3.98. The summed E-state index contributed by atoms with van der Waals surface area (Å²) in [5, 5.41) is 9.33. The van der Waals surface area contributed by atoms with E-state index in [1.165, 1.54) is 7.11 Å². The van der Waals surface area contributed by atoms with Gasteiger partial charge in [0.25, 0.3) is 0 Å². The second kappa shape index (κ2) is 4.61. The van der Waals surface area contributed by atoms with Crippen LogP contribution in [0.3, 0.4) is 0 Å². The first kappa shape index (κ1) is 9.73. The van der Waals surface area contributed by atoms with Crippen LogP contribution >= 0.6 is 0 Å². The molecule has 0 bridgehead atoms. The lowest BCUT2D eigenvalue weighted by Gasteiger charge is -2.02. The van der Waals surface area contributed by atoms with Crippen molar-refractivity contribution >= 4 is 5.91 Å². The topological polar surface area (TPSA) is 67.0 Å². The van der Waals surface area contributed by atoms with E-state index < -0.39 is 0 Å². The number of methoxy groups -OCH3 is 1. The third-order valence-electron chi connectivity index (χ3n) is 1.69. The van der Waals surface area contributed by atoms with E-state index in [1.54, 1.807) is 6.20 Å². The summed E-state index contributed by atoms with van der Waals surface area (Å²) in [5.74, 6) is -0.122. The second-order valence-electron chi connectivity index (χ2n) is 2.73. The summed E-state index contributed by atoms with van der Waals surface area (Å²) in [5.41, 5.74) is 1.96. The van der Waals surface area contributed by atoms with Crippen LogP contribution in [0, 0.1) is 6.92 Å². The SMILES string of the molecule is COCC(=O)NCc1cn[nH]c1C. The summed E-state index contributed by atoms with van der Waals surface area (Å²) in [7, 11) is 1.49. The molecular formula is C8H13N3O2. The molecule has 1 aromatic heterocycles. The van der Waals surface area contributed by atoms with Crippen molar-refractivity contribution in [3.63, 3.8) is 0 Å². The predicted molar refractivity (Wildman–Crippen MR) is 47.0 cm³/mol. The van der Waals surface area contributed by atoms with Gasteiger partial charge in [0.15, 0.2) is 0 Å². The first-order chi connectivity index (χ1) is 6.24. The molecule has 72 valence electrons. The number of rotatable bonds is 4. The molecule has 1 aromatic rings. The van der Waals surface area contributed by atoms with E-state index in [0.29, 0.717) is 6.54 Å². The van der Waals surface area contributed by atoms with Crippen molar-refractivity contribution in [1.82, 2.24) is 15.5 Å². The minimum Gasteiger partial charge on any atom is -0.375 e. The van der Waals surface area contributed by atoms with Gasteiger partial charge in [-0.2, -0.15) is 5.10 Å². The van der Waals surface area contributed by atoms with Crippen LogP contribution in [0.15, 0.2) is 6.20 Å². The number of hydrogen-bond donors (Lipinski definition) is 2. The molecule has 0 atom stereocenters. The van der Waals surface area contributed by atoms with Gasteiger partial charge in [0.05, 0.1) is 6.20 Å². The van der Waals surface area contributed by atoms with Gasteiger partial charge in [0.1, 0.15) is 6.61 Å². The van der Waals surface area contributed by atoms with Gasteiger partial charge in [0, 0.05) is 24.9 Å². The van der Waals surface area contributed by atoms with Gasteiger partial charge >= 0.3 is 0 Å². The lowest BCUT2D eigenvalue weighted by Crippen LogP contribution is -2.26. The molecule has 0 fully saturated rings. The van der Waals surface area contributed by atoms with Crippen LogP contribution in [0.5, 0.6) is 0 Å².